The number of nitrogens with two attached hydrogens (primary N) is 1. The van der Waals surface area contributed by atoms with Crippen molar-refractivity contribution >= 4 is 24.2 Å². The van der Waals surface area contributed by atoms with E-state index in [9.17, 15) is 9.59 Å². The van der Waals surface area contributed by atoms with Crippen molar-refractivity contribution in [2.75, 3.05) is 6.54 Å². The largest absolute Gasteiger partial charge is 0.354 e. The van der Waals surface area contributed by atoms with Gasteiger partial charge in [-0.3, -0.25) is 9.59 Å². The number of nitrogens with zero attached hydrogens (tertiary/aromatic N) is 2. The summed E-state index contributed by atoms with van der Waals surface area (Å²) in [5.41, 5.74) is 5.29. The number of nitrogens with one attached hydrogen (secondary N) is 2. The first-order valence-corrected chi connectivity index (χ1v) is 10.5. The fourth-order valence-electron chi connectivity index (χ4n) is 3.71. The molecular formula is C20H36ClN5O3. The van der Waals surface area contributed by atoms with Crippen LogP contribution in [-0.2, 0) is 21.5 Å². The van der Waals surface area contributed by atoms with Gasteiger partial charge in [0.1, 0.15) is 5.54 Å². The van der Waals surface area contributed by atoms with Gasteiger partial charge in [-0.25, -0.2) is 0 Å². The molecule has 0 atom stereocenters. The summed E-state index contributed by atoms with van der Waals surface area (Å²) < 4.78 is 5.39. The van der Waals surface area contributed by atoms with Gasteiger partial charge in [-0.1, -0.05) is 44.7 Å². The van der Waals surface area contributed by atoms with E-state index in [1.807, 2.05) is 13.8 Å². The van der Waals surface area contributed by atoms with Crippen molar-refractivity contribution in [3.8, 4) is 0 Å². The molecule has 1 fully saturated rings. The van der Waals surface area contributed by atoms with Gasteiger partial charge in [0.15, 0.2) is 5.82 Å². The molecular weight excluding hydrogens is 394 g/mol. The van der Waals surface area contributed by atoms with Crippen molar-refractivity contribution in [3.63, 3.8) is 0 Å². The Balaban J connectivity index is 0.00000420. The molecule has 2 rings (SSSR count). The van der Waals surface area contributed by atoms with Crippen molar-refractivity contribution in [1.29, 1.82) is 0 Å². The molecule has 0 unspecified atom stereocenters. The van der Waals surface area contributed by atoms with Crippen molar-refractivity contribution in [1.82, 2.24) is 20.8 Å². The molecule has 1 aromatic rings. The van der Waals surface area contributed by atoms with E-state index >= 15 is 0 Å². The summed E-state index contributed by atoms with van der Waals surface area (Å²) in [6, 6.07) is 0. The summed E-state index contributed by atoms with van der Waals surface area (Å²) in [7, 11) is 0. The number of aryl methyl sites for hydroxylation is 1. The fourth-order valence-corrected chi connectivity index (χ4v) is 3.71. The fraction of sp³-hybridized carbons (Fsp3) is 0.800. The third-order valence-corrected chi connectivity index (χ3v) is 5.88. The molecule has 0 bridgehead atoms. The van der Waals surface area contributed by atoms with Crippen LogP contribution in [0.2, 0.25) is 0 Å². The van der Waals surface area contributed by atoms with Gasteiger partial charge >= 0.3 is 0 Å². The highest BCUT2D eigenvalue weighted by Crippen LogP contribution is 2.34. The van der Waals surface area contributed by atoms with E-state index in [0.29, 0.717) is 24.7 Å². The van der Waals surface area contributed by atoms with Gasteiger partial charge in [-0.15, -0.1) is 12.4 Å². The van der Waals surface area contributed by atoms with E-state index in [4.69, 9.17) is 10.3 Å². The minimum absolute atomic E-state index is 0. The third kappa shape index (κ3) is 7.26. The van der Waals surface area contributed by atoms with Gasteiger partial charge in [0.2, 0.25) is 17.7 Å². The molecule has 1 saturated carbocycles. The van der Waals surface area contributed by atoms with Gasteiger partial charge < -0.3 is 20.9 Å². The molecule has 0 radical (unpaired) electrons. The number of carbonyl (C=O) groups excluding carboxylic acids is 2. The highest BCUT2D eigenvalue weighted by molar-refractivity contribution is 5.85. The first kappa shape index (κ1) is 25.4. The predicted molar refractivity (Wildman–Crippen MR) is 114 cm³/mol. The maximum absolute atomic E-state index is 12.1. The molecule has 1 aliphatic carbocycles. The van der Waals surface area contributed by atoms with Crippen molar-refractivity contribution in [3.05, 3.63) is 11.7 Å². The Bertz CT molecular complexity index is 652. The third-order valence-electron chi connectivity index (χ3n) is 5.88. The second-order valence-corrected chi connectivity index (χ2v) is 8.04. The number of halogens is 1. The lowest BCUT2D eigenvalue weighted by Gasteiger charge is -2.30. The molecule has 0 saturated heterocycles. The number of amides is 2. The lowest BCUT2D eigenvalue weighted by molar-refractivity contribution is -0.122. The maximum atomic E-state index is 12.1. The van der Waals surface area contributed by atoms with Crippen LogP contribution in [0.5, 0.6) is 0 Å². The van der Waals surface area contributed by atoms with Gasteiger partial charge in [0, 0.05) is 31.8 Å². The lowest BCUT2D eigenvalue weighted by atomic mass is 9.89. The van der Waals surface area contributed by atoms with Crippen LogP contribution in [0.4, 0.5) is 0 Å². The molecule has 29 heavy (non-hydrogen) atoms. The van der Waals surface area contributed by atoms with Crippen LogP contribution >= 0.6 is 12.4 Å². The molecule has 1 heterocycles. The topological polar surface area (TPSA) is 123 Å². The SMILES string of the molecule is CCC(N)(CC)CNC(=O)CCc1nc(C2(NC(C)=O)CCCCCC2)no1.Cl. The van der Waals surface area contributed by atoms with Crippen molar-refractivity contribution in [2.45, 2.75) is 96.1 Å². The first-order chi connectivity index (χ1) is 13.3. The Morgan fingerprint density at radius 3 is 2.34 bits per heavy atom. The van der Waals surface area contributed by atoms with E-state index < -0.39 is 5.54 Å². The van der Waals surface area contributed by atoms with Gasteiger partial charge in [0.05, 0.1) is 0 Å². The van der Waals surface area contributed by atoms with E-state index in [2.05, 4.69) is 20.8 Å². The molecule has 0 aliphatic heterocycles. The zero-order chi connectivity index (χ0) is 20.6. The summed E-state index contributed by atoms with van der Waals surface area (Å²) in [5, 5.41) is 10.1. The van der Waals surface area contributed by atoms with Gasteiger partial charge in [0.25, 0.3) is 0 Å². The van der Waals surface area contributed by atoms with Crippen molar-refractivity contribution in [2.24, 2.45) is 5.73 Å². The Morgan fingerprint density at radius 1 is 1.17 bits per heavy atom. The number of hydrogen-bond donors (Lipinski definition) is 3. The summed E-state index contributed by atoms with van der Waals surface area (Å²) >= 11 is 0. The van der Waals surface area contributed by atoms with Crippen LogP contribution < -0.4 is 16.4 Å². The van der Waals surface area contributed by atoms with E-state index in [1.165, 1.54) is 6.92 Å². The Kier molecular flexibility index (Phi) is 10.1. The molecule has 166 valence electrons. The number of carbonyl (C=O) groups is 2. The number of hydrogen-bond acceptors (Lipinski definition) is 6. The number of aromatic nitrogens is 2. The zero-order valence-corrected chi connectivity index (χ0v) is 18.7. The van der Waals surface area contributed by atoms with Crippen LogP contribution in [0.25, 0.3) is 0 Å². The molecule has 4 N–H and O–H groups in total. The van der Waals surface area contributed by atoms with Crippen LogP contribution in [-0.4, -0.2) is 34.0 Å². The average molecular weight is 430 g/mol. The second kappa shape index (κ2) is 11.5. The summed E-state index contributed by atoms with van der Waals surface area (Å²) in [4.78, 5) is 28.4. The maximum Gasteiger partial charge on any atom is 0.227 e. The average Bonchev–Trinajstić information content (AvgIpc) is 3.04. The first-order valence-electron chi connectivity index (χ1n) is 10.5. The number of rotatable bonds is 9. The van der Waals surface area contributed by atoms with Gasteiger partial charge in [-0.05, 0) is 25.7 Å². The minimum atomic E-state index is -0.562. The summed E-state index contributed by atoms with van der Waals surface area (Å²) in [6.07, 6.45) is 8.17. The summed E-state index contributed by atoms with van der Waals surface area (Å²) in [5.74, 6) is 0.773. The smallest absolute Gasteiger partial charge is 0.227 e. The standard InChI is InChI=1S/C20H35N5O3.ClH/c1-4-19(21,5-2)14-22-16(27)10-11-17-23-18(25-28-17)20(24-15(3)26)12-8-6-7-9-13-20;/h4-14,21H2,1-3H3,(H,22,27)(H,24,26);1H. The van der Waals surface area contributed by atoms with E-state index in [-0.39, 0.29) is 36.2 Å². The summed E-state index contributed by atoms with van der Waals surface area (Å²) in [6.45, 7) is 6.02. The molecule has 0 spiro atoms. The molecule has 1 aliphatic rings. The van der Waals surface area contributed by atoms with Crippen LogP contribution in [0, 0.1) is 0 Å². The van der Waals surface area contributed by atoms with Crippen molar-refractivity contribution < 1.29 is 14.1 Å². The highest BCUT2D eigenvalue weighted by atomic mass is 35.5. The minimum Gasteiger partial charge on any atom is -0.354 e. The Hall–Kier alpha value is -1.67. The zero-order valence-electron chi connectivity index (χ0n) is 17.9. The Labute approximate surface area is 179 Å². The van der Waals surface area contributed by atoms with Gasteiger partial charge in [-0.2, -0.15) is 4.98 Å². The monoisotopic (exact) mass is 429 g/mol. The Morgan fingerprint density at radius 2 is 1.79 bits per heavy atom. The van der Waals surface area contributed by atoms with Crippen LogP contribution in [0.1, 0.15) is 90.3 Å². The lowest BCUT2D eigenvalue weighted by Crippen LogP contribution is -2.49. The highest BCUT2D eigenvalue weighted by Gasteiger charge is 2.38. The van der Waals surface area contributed by atoms with E-state index in [1.54, 1.807) is 0 Å². The van der Waals surface area contributed by atoms with Crippen LogP contribution in [0.15, 0.2) is 4.52 Å². The van der Waals surface area contributed by atoms with E-state index in [0.717, 1.165) is 51.4 Å². The molecule has 1 aromatic heterocycles. The quantitative estimate of drug-likeness (QED) is 0.518. The molecule has 2 amide bonds. The molecule has 0 aromatic carbocycles. The molecule has 9 heteroatoms. The van der Waals surface area contributed by atoms with Crippen LogP contribution in [0.3, 0.4) is 0 Å². The normalized spacial score (nSPS) is 16.4. The molecule has 8 nitrogen and oxygen atoms in total. The predicted octanol–water partition coefficient (Wildman–Crippen LogP) is 2.74. The second-order valence-electron chi connectivity index (χ2n) is 8.04.